The number of aromatic nitrogens is 2. The molecule has 28 heavy (non-hydrogen) atoms. The lowest BCUT2D eigenvalue weighted by molar-refractivity contribution is 0.102. The van der Waals surface area contributed by atoms with E-state index in [-0.39, 0.29) is 11.6 Å². The van der Waals surface area contributed by atoms with Crippen LogP contribution in [0.5, 0.6) is 11.5 Å². The Morgan fingerprint density at radius 3 is 2.64 bits per heavy atom. The molecule has 7 nitrogen and oxygen atoms in total. The van der Waals surface area contributed by atoms with E-state index in [0.717, 1.165) is 5.69 Å². The van der Waals surface area contributed by atoms with Crippen LogP contribution >= 0.6 is 11.6 Å². The minimum atomic E-state index is -0.349. The largest absolute Gasteiger partial charge is 0.486 e. The molecule has 2 N–H and O–H groups in total. The van der Waals surface area contributed by atoms with Crippen molar-refractivity contribution in [3.8, 4) is 11.5 Å². The van der Waals surface area contributed by atoms with Crippen molar-refractivity contribution in [1.29, 1.82) is 0 Å². The van der Waals surface area contributed by atoms with E-state index < -0.39 is 0 Å². The lowest BCUT2D eigenvalue weighted by Crippen LogP contribution is -2.16. The summed E-state index contributed by atoms with van der Waals surface area (Å²) in [6, 6.07) is 14.0. The molecule has 0 spiro atoms. The van der Waals surface area contributed by atoms with Gasteiger partial charge < -0.3 is 20.1 Å². The molecular weight excluding hydrogens is 380 g/mol. The number of amides is 1. The number of anilines is 3. The van der Waals surface area contributed by atoms with E-state index in [0.29, 0.717) is 47.1 Å². The van der Waals surface area contributed by atoms with Crippen LogP contribution in [0.3, 0.4) is 0 Å². The summed E-state index contributed by atoms with van der Waals surface area (Å²) in [5.41, 5.74) is 1.60. The topological polar surface area (TPSA) is 85.4 Å². The molecule has 1 aromatic heterocycles. The Balaban J connectivity index is 1.54. The van der Waals surface area contributed by atoms with Crippen molar-refractivity contribution in [2.45, 2.75) is 6.92 Å². The van der Waals surface area contributed by atoms with Crippen LogP contribution in [0, 0.1) is 6.92 Å². The Labute approximate surface area is 166 Å². The van der Waals surface area contributed by atoms with Gasteiger partial charge in [-0.1, -0.05) is 17.7 Å². The molecule has 0 atom stereocenters. The van der Waals surface area contributed by atoms with E-state index >= 15 is 0 Å². The molecule has 0 radical (unpaired) electrons. The predicted molar refractivity (Wildman–Crippen MR) is 107 cm³/mol. The molecule has 8 heteroatoms. The number of nitrogens with zero attached hydrogens (tertiary/aromatic N) is 2. The Bertz CT molecular complexity index is 1040. The van der Waals surface area contributed by atoms with Crippen molar-refractivity contribution in [3.05, 3.63) is 65.1 Å². The Morgan fingerprint density at radius 1 is 1.00 bits per heavy atom. The molecule has 2 aromatic carbocycles. The first kappa shape index (κ1) is 18.1. The zero-order chi connectivity index (χ0) is 19.5. The van der Waals surface area contributed by atoms with E-state index in [1.807, 2.05) is 18.2 Å². The van der Waals surface area contributed by atoms with Crippen molar-refractivity contribution >= 4 is 34.7 Å². The summed E-state index contributed by atoms with van der Waals surface area (Å²) in [7, 11) is 0. The molecule has 2 heterocycles. The van der Waals surface area contributed by atoms with Gasteiger partial charge in [-0.05, 0) is 37.3 Å². The van der Waals surface area contributed by atoms with Crippen molar-refractivity contribution < 1.29 is 14.3 Å². The van der Waals surface area contributed by atoms with Crippen molar-refractivity contribution in [1.82, 2.24) is 9.97 Å². The molecule has 4 rings (SSSR count). The molecule has 0 aliphatic carbocycles. The first-order chi connectivity index (χ1) is 13.6. The molecule has 0 saturated carbocycles. The summed E-state index contributed by atoms with van der Waals surface area (Å²) in [5.74, 6) is 2.00. The van der Waals surface area contributed by atoms with Crippen molar-refractivity contribution in [2.24, 2.45) is 0 Å². The highest BCUT2D eigenvalue weighted by atomic mass is 35.5. The number of halogens is 1. The number of hydrogen-bond acceptors (Lipinski definition) is 6. The minimum absolute atomic E-state index is 0.243. The summed E-state index contributed by atoms with van der Waals surface area (Å²) in [4.78, 5) is 21.1. The third kappa shape index (κ3) is 4.15. The number of aryl methyl sites for hydroxylation is 1. The van der Waals surface area contributed by atoms with E-state index in [1.54, 1.807) is 37.3 Å². The van der Waals surface area contributed by atoms with Gasteiger partial charge in [0.15, 0.2) is 11.5 Å². The zero-order valence-corrected chi connectivity index (χ0v) is 15.8. The fourth-order valence-electron chi connectivity index (χ4n) is 2.78. The van der Waals surface area contributed by atoms with E-state index in [9.17, 15) is 4.79 Å². The number of fused-ring (bicyclic) bond motifs is 1. The van der Waals surface area contributed by atoms with E-state index in [1.165, 1.54) is 0 Å². The fourth-order valence-corrected chi connectivity index (χ4v) is 2.97. The molecule has 142 valence electrons. The monoisotopic (exact) mass is 396 g/mol. The normalized spacial score (nSPS) is 12.4. The van der Waals surface area contributed by atoms with Crippen LogP contribution in [-0.2, 0) is 0 Å². The van der Waals surface area contributed by atoms with Gasteiger partial charge in [0.25, 0.3) is 5.91 Å². The third-order valence-corrected chi connectivity index (χ3v) is 4.20. The lowest BCUT2D eigenvalue weighted by atomic mass is 10.2. The van der Waals surface area contributed by atoms with Gasteiger partial charge in [-0.2, -0.15) is 0 Å². The van der Waals surface area contributed by atoms with E-state index in [4.69, 9.17) is 21.1 Å². The average molecular weight is 397 g/mol. The van der Waals surface area contributed by atoms with Gasteiger partial charge in [-0.25, -0.2) is 9.97 Å². The first-order valence-electron chi connectivity index (χ1n) is 8.66. The SMILES string of the molecule is Cc1nc(Nc2ccc3c(c2)OCCO3)cc(C(=O)Nc2cccc(Cl)c2)n1. The molecule has 0 saturated heterocycles. The number of hydrogen-bond donors (Lipinski definition) is 2. The number of ether oxygens (including phenoxy) is 2. The molecule has 1 aliphatic rings. The van der Waals surface area contributed by atoms with Crippen molar-refractivity contribution in [2.75, 3.05) is 23.8 Å². The van der Waals surface area contributed by atoms with Gasteiger partial charge in [0.1, 0.15) is 30.5 Å². The second kappa shape index (κ2) is 7.74. The van der Waals surface area contributed by atoms with Crippen LogP contribution < -0.4 is 20.1 Å². The standard InChI is InChI=1S/C20H17ClN4O3/c1-12-22-16(20(26)25-14-4-2-3-13(21)9-14)11-19(23-12)24-15-5-6-17-18(10-15)28-8-7-27-17/h2-6,9-11H,7-8H2,1H3,(H,25,26)(H,22,23,24). The maximum Gasteiger partial charge on any atom is 0.274 e. The number of nitrogens with one attached hydrogen (secondary N) is 2. The highest BCUT2D eigenvalue weighted by Gasteiger charge is 2.14. The number of rotatable bonds is 4. The third-order valence-electron chi connectivity index (χ3n) is 3.97. The smallest absolute Gasteiger partial charge is 0.274 e. The molecule has 0 fully saturated rings. The van der Waals surface area contributed by atoms with Crippen LogP contribution in [-0.4, -0.2) is 29.1 Å². The summed E-state index contributed by atoms with van der Waals surface area (Å²) in [6.45, 7) is 2.78. The first-order valence-corrected chi connectivity index (χ1v) is 9.04. The Kier molecular flexibility index (Phi) is 4.99. The highest BCUT2D eigenvalue weighted by molar-refractivity contribution is 6.30. The van der Waals surface area contributed by atoms with Gasteiger partial charge in [0.05, 0.1) is 0 Å². The van der Waals surface area contributed by atoms with Crippen LogP contribution in [0.1, 0.15) is 16.3 Å². The highest BCUT2D eigenvalue weighted by Crippen LogP contribution is 2.33. The molecule has 1 aliphatic heterocycles. The van der Waals surface area contributed by atoms with Crippen molar-refractivity contribution in [3.63, 3.8) is 0 Å². The maximum atomic E-state index is 12.6. The molecule has 1 amide bonds. The zero-order valence-electron chi connectivity index (χ0n) is 15.0. The van der Waals surface area contributed by atoms with E-state index in [2.05, 4.69) is 20.6 Å². The molecule has 0 unspecified atom stereocenters. The van der Waals surface area contributed by atoms with Gasteiger partial charge in [0, 0.05) is 28.5 Å². The number of benzene rings is 2. The van der Waals surface area contributed by atoms with Gasteiger partial charge in [0.2, 0.25) is 0 Å². The number of carbonyl (C=O) groups excluding carboxylic acids is 1. The van der Waals surface area contributed by atoms with Crippen LogP contribution in [0.4, 0.5) is 17.2 Å². The molecule has 3 aromatic rings. The maximum absolute atomic E-state index is 12.6. The van der Waals surface area contributed by atoms with Crippen LogP contribution in [0.2, 0.25) is 5.02 Å². The fraction of sp³-hybridized carbons (Fsp3) is 0.150. The lowest BCUT2D eigenvalue weighted by Gasteiger charge is -2.19. The summed E-state index contributed by atoms with van der Waals surface area (Å²) in [6.07, 6.45) is 0. The van der Waals surface area contributed by atoms with Gasteiger partial charge in [-0.15, -0.1) is 0 Å². The second-order valence-electron chi connectivity index (χ2n) is 6.13. The quantitative estimate of drug-likeness (QED) is 0.687. The summed E-state index contributed by atoms with van der Waals surface area (Å²) in [5, 5.41) is 6.50. The predicted octanol–water partition coefficient (Wildman–Crippen LogP) is 4.21. The van der Waals surface area contributed by atoms with Gasteiger partial charge >= 0.3 is 0 Å². The average Bonchev–Trinajstić information content (AvgIpc) is 2.67. The Morgan fingerprint density at radius 2 is 1.82 bits per heavy atom. The minimum Gasteiger partial charge on any atom is -0.486 e. The Hall–Kier alpha value is -3.32. The summed E-state index contributed by atoms with van der Waals surface area (Å²) < 4.78 is 11.1. The summed E-state index contributed by atoms with van der Waals surface area (Å²) >= 11 is 5.96. The molecular formula is C20H17ClN4O3. The second-order valence-corrected chi connectivity index (χ2v) is 6.57. The number of carbonyl (C=O) groups is 1. The van der Waals surface area contributed by atoms with Crippen LogP contribution in [0.15, 0.2) is 48.5 Å². The van der Waals surface area contributed by atoms with Gasteiger partial charge in [-0.3, -0.25) is 4.79 Å². The van der Waals surface area contributed by atoms with Crippen LogP contribution in [0.25, 0.3) is 0 Å². The molecule has 0 bridgehead atoms.